The summed E-state index contributed by atoms with van der Waals surface area (Å²) in [4.78, 5) is 20.2. The SMILES string of the molecule is Cc1cccc(S(=O)(=O)Nc2cc(C(=O)O)cnc2N2CCN(CC(C)C)CC2)c1. The van der Waals surface area contributed by atoms with Crippen LogP contribution < -0.4 is 9.62 Å². The second-order valence-corrected chi connectivity index (χ2v) is 9.69. The highest BCUT2D eigenvalue weighted by atomic mass is 32.2. The number of sulfonamides is 1. The molecule has 8 nitrogen and oxygen atoms in total. The molecule has 30 heavy (non-hydrogen) atoms. The topological polar surface area (TPSA) is 103 Å². The van der Waals surface area contributed by atoms with E-state index in [-0.39, 0.29) is 16.1 Å². The molecular weight excluding hydrogens is 404 g/mol. The van der Waals surface area contributed by atoms with Gasteiger partial charge in [-0.25, -0.2) is 18.2 Å². The van der Waals surface area contributed by atoms with Crippen LogP contribution in [-0.2, 0) is 10.0 Å². The molecule has 0 bridgehead atoms. The molecule has 1 aromatic carbocycles. The molecule has 1 aliphatic rings. The minimum atomic E-state index is -3.89. The third kappa shape index (κ3) is 5.28. The smallest absolute Gasteiger partial charge is 0.337 e. The van der Waals surface area contributed by atoms with Crippen molar-refractivity contribution in [3.05, 3.63) is 47.7 Å². The molecule has 0 amide bonds. The minimum Gasteiger partial charge on any atom is -0.478 e. The quantitative estimate of drug-likeness (QED) is 0.693. The maximum atomic E-state index is 12.9. The van der Waals surface area contributed by atoms with E-state index < -0.39 is 16.0 Å². The number of hydrogen-bond acceptors (Lipinski definition) is 6. The third-order valence-electron chi connectivity index (χ3n) is 4.95. The average Bonchev–Trinajstić information content (AvgIpc) is 2.68. The summed E-state index contributed by atoms with van der Waals surface area (Å²) in [6.45, 7) is 10.2. The van der Waals surface area contributed by atoms with Crippen LogP contribution in [-0.4, -0.2) is 62.1 Å². The van der Waals surface area contributed by atoms with Crippen molar-refractivity contribution in [2.24, 2.45) is 5.92 Å². The summed E-state index contributed by atoms with van der Waals surface area (Å²) < 4.78 is 28.4. The second-order valence-electron chi connectivity index (χ2n) is 8.00. The number of aryl methyl sites for hydroxylation is 1. The highest BCUT2D eigenvalue weighted by Crippen LogP contribution is 2.28. The number of piperazine rings is 1. The summed E-state index contributed by atoms with van der Waals surface area (Å²) in [6, 6.07) is 7.90. The van der Waals surface area contributed by atoms with Crippen LogP contribution in [0.4, 0.5) is 11.5 Å². The van der Waals surface area contributed by atoms with Gasteiger partial charge in [-0.15, -0.1) is 0 Å². The van der Waals surface area contributed by atoms with Gasteiger partial charge in [0.25, 0.3) is 10.0 Å². The lowest BCUT2D eigenvalue weighted by atomic mass is 10.2. The van der Waals surface area contributed by atoms with Crippen molar-refractivity contribution < 1.29 is 18.3 Å². The van der Waals surface area contributed by atoms with Gasteiger partial charge in [-0.05, 0) is 36.6 Å². The van der Waals surface area contributed by atoms with E-state index in [0.717, 1.165) is 25.2 Å². The van der Waals surface area contributed by atoms with Crippen LogP contribution in [0.5, 0.6) is 0 Å². The van der Waals surface area contributed by atoms with Crippen LogP contribution in [0.1, 0.15) is 29.8 Å². The van der Waals surface area contributed by atoms with Crippen LogP contribution >= 0.6 is 0 Å². The second kappa shape index (κ2) is 9.01. The maximum absolute atomic E-state index is 12.9. The van der Waals surface area contributed by atoms with Gasteiger partial charge in [-0.1, -0.05) is 26.0 Å². The van der Waals surface area contributed by atoms with Crippen LogP contribution in [0.25, 0.3) is 0 Å². The van der Waals surface area contributed by atoms with Gasteiger partial charge in [-0.2, -0.15) is 0 Å². The predicted octanol–water partition coefficient (Wildman–Crippen LogP) is 2.67. The van der Waals surface area contributed by atoms with Gasteiger partial charge < -0.3 is 10.0 Å². The molecule has 1 aromatic heterocycles. The zero-order valence-corrected chi connectivity index (χ0v) is 18.3. The molecule has 0 spiro atoms. The molecule has 0 saturated carbocycles. The standard InChI is InChI=1S/C21H28N4O4S/c1-15(2)14-24-7-9-25(10-8-24)20-19(12-17(13-22-20)21(26)27)23-30(28,29)18-6-4-5-16(3)11-18/h4-6,11-13,15,23H,7-10,14H2,1-3H3,(H,26,27). The molecule has 1 saturated heterocycles. The number of pyridine rings is 1. The van der Waals surface area contributed by atoms with Crippen molar-refractivity contribution in [3.8, 4) is 0 Å². The average molecular weight is 433 g/mol. The zero-order chi connectivity index (χ0) is 21.9. The number of anilines is 2. The molecule has 162 valence electrons. The van der Waals surface area contributed by atoms with E-state index >= 15 is 0 Å². The van der Waals surface area contributed by atoms with E-state index in [2.05, 4.69) is 28.5 Å². The summed E-state index contributed by atoms with van der Waals surface area (Å²) in [7, 11) is -3.89. The van der Waals surface area contributed by atoms with Crippen LogP contribution in [0.2, 0.25) is 0 Å². The molecule has 9 heteroatoms. The number of benzene rings is 1. The van der Waals surface area contributed by atoms with Crippen molar-refractivity contribution in [3.63, 3.8) is 0 Å². The van der Waals surface area contributed by atoms with Gasteiger partial charge in [0.05, 0.1) is 16.1 Å². The monoisotopic (exact) mass is 432 g/mol. The zero-order valence-electron chi connectivity index (χ0n) is 17.5. The van der Waals surface area contributed by atoms with Crippen molar-refractivity contribution >= 4 is 27.5 Å². The summed E-state index contributed by atoms with van der Waals surface area (Å²) >= 11 is 0. The maximum Gasteiger partial charge on any atom is 0.337 e. The first-order chi connectivity index (χ1) is 14.2. The number of nitrogens with one attached hydrogen (secondary N) is 1. The lowest BCUT2D eigenvalue weighted by molar-refractivity contribution is 0.0696. The summed E-state index contributed by atoms with van der Waals surface area (Å²) in [5.41, 5.74) is 0.921. The lowest BCUT2D eigenvalue weighted by Gasteiger charge is -2.36. The Labute approximate surface area is 177 Å². The van der Waals surface area contributed by atoms with E-state index in [1.165, 1.54) is 18.3 Å². The number of rotatable bonds is 7. The number of carboxylic acids is 1. The van der Waals surface area contributed by atoms with Crippen molar-refractivity contribution in [2.45, 2.75) is 25.7 Å². The van der Waals surface area contributed by atoms with E-state index in [9.17, 15) is 18.3 Å². The van der Waals surface area contributed by atoms with Gasteiger partial charge in [-0.3, -0.25) is 9.62 Å². The predicted molar refractivity (Wildman–Crippen MR) is 117 cm³/mol. The Kier molecular flexibility index (Phi) is 6.62. The van der Waals surface area contributed by atoms with Crippen LogP contribution in [0, 0.1) is 12.8 Å². The Balaban J connectivity index is 1.89. The number of carboxylic acid groups (broad SMARTS) is 1. The molecular formula is C21H28N4O4S. The molecule has 0 radical (unpaired) electrons. The fraction of sp³-hybridized carbons (Fsp3) is 0.429. The summed E-state index contributed by atoms with van der Waals surface area (Å²) in [5, 5.41) is 9.34. The number of nitrogens with zero attached hydrogens (tertiary/aromatic N) is 3. The van der Waals surface area contributed by atoms with Crippen molar-refractivity contribution in [2.75, 3.05) is 42.3 Å². The Morgan fingerprint density at radius 3 is 2.50 bits per heavy atom. The van der Waals surface area contributed by atoms with E-state index in [1.807, 2.05) is 17.9 Å². The molecule has 0 aliphatic carbocycles. The van der Waals surface area contributed by atoms with Crippen molar-refractivity contribution in [1.29, 1.82) is 0 Å². The van der Waals surface area contributed by atoms with Gasteiger partial charge in [0.2, 0.25) is 0 Å². The molecule has 3 rings (SSSR count). The first-order valence-corrected chi connectivity index (χ1v) is 11.4. The number of aromatic carboxylic acids is 1. The Morgan fingerprint density at radius 2 is 1.90 bits per heavy atom. The van der Waals surface area contributed by atoms with E-state index in [4.69, 9.17) is 0 Å². The molecule has 1 fully saturated rings. The number of carbonyl (C=O) groups is 1. The van der Waals surface area contributed by atoms with Crippen LogP contribution in [0.15, 0.2) is 41.4 Å². The number of aromatic nitrogens is 1. The molecule has 1 aliphatic heterocycles. The van der Waals surface area contributed by atoms with E-state index in [1.54, 1.807) is 12.1 Å². The first-order valence-electron chi connectivity index (χ1n) is 9.96. The highest BCUT2D eigenvalue weighted by Gasteiger charge is 2.24. The Morgan fingerprint density at radius 1 is 1.20 bits per heavy atom. The summed E-state index contributed by atoms with van der Waals surface area (Å²) in [6.07, 6.45) is 1.27. The normalized spacial score (nSPS) is 15.4. The van der Waals surface area contributed by atoms with Gasteiger partial charge in [0, 0.05) is 38.9 Å². The van der Waals surface area contributed by atoms with Gasteiger partial charge in [0.15, 0.2) is 5.82 Å². The molecule has 0 unspecified atom stereocenters. The minimum absolute atomic E-state index is 0.0702. The van der Waals surface area contributed by atoms with Gasteiger partial charge in [0.1, 0.15) is 0 Å². The molecule has 0 atom stereocenters. The fourth-order valence-corrected chi connectivity index (χ4v) is 4.70. The molecule has 2 aromatic rings. The first kappa shape index (κ1) is 22.0. The van der Waals surface area contributed by atoms with Crippen molar-refractivity contribution in [1.82, 2.24) is 9.88 Å². The molecule has 2 N–H and O–H groups in total. The number of hydrogen-bond donors (Lipinski definition) is 2. The van der Waals surface area contributed by atoms with Crippen LogP contribution in [0.3, 0.4) is 0 Å². The third-order valence-corrected chi connectivity index (χ3v) is 6.32. The van der Waals surface area contributed by atoms with Gasteiger partial charge >= 0.3 is 5.97 Å². The highest BCUT2D eigenvalue weighted by molar-refractivity contribution is 7.92. The summed E-state index contributed by atoms with van der Waals surface area (Å²) in [5.74, 6) is -0.145. The Hall–Kier alpha value is -2.65. The van der Waals surface area contributed by atoms with E-state index in [0.29, 0.717) is 24.8 Å². The largest absolute Gasteiger partial charge is 0.478 e. The Bertz CT molecular complexity index is 1020. The molecule has 2 heterocycles. The fourth-order valence-electron chi connectivity index (χ4n) is 3.55. The lowest BCUT2D eigenvalue weighted by Crippen LogP contribution is -2.48.